The largest absolute Gasteiger partial charge is 0.467 e. The second kappa shape index (κ2) is 5.55. The quantitative estimate of drug-likeness (QED) is 0.858. The van der Waals surface area contributed by atoms with E-state index < -0.39 is 0 Å². The van der Waals surface area contributed by atoms with Crippen LogP contribution in [-0.4, -0.2) is 13.1 Å². The fourth-order valence-electron chi connectivity index (χ4n) is 2.08. The van der Waals surface area contributed by atoms with E-state index in [9.17, 15) is 0 Å². The zero-order valence-corrected chi connectivity index (χ0v) is 10.0. The number of likely N-dealkylation sites (N-methyl/N-ethyl adjacent to an activating group) is 1. The van der Waals surface area contributed by atoms with E-state index in [2.05, 4.69) is 24.0 Å². The van der Waals surface area contributed by atoms with Crippen molar-refractivity contribution in [1.82, 2.24) is 0 Å². The van der Waals surface area contributed by atoms with Crippen LogP contribution >= 0.6 is 0 Å². The molecule has 3 heteroatoms. The predicted molar refractivity (Wildman–Crippen MR) is 70.0 cm³/mol. The Balaban J connectivity index is 2.28. The SMILES string of the molecule is CCN(c1ccccc1)C(CN)c1ccco1. The molecule has 0 aliphatic rings. The van der Waals surface area contributed by atoms with E-state index in [-0.39, 0.29) is 6.04 Å². The molecule has 3 nitrogen and oxygen atoms in total. The lowest BCUT2D eigenvalue weighted by molar-refractivity contribution is 0.453. The van der Waals surface area contributed by atoms with Gasteiger partial charge >= 0.3 is 0 Å². The zero-order valence-electron chi connectivity index (χ0n) is 10.0. The van der Waals surface area contributed by atoms with Crippen molar-refractivity contribution in [2.45, 2.75) is 13.0 Å². The first-order chi connectivity index (χ1) is 8.36. The molecular formula is C14H18N2O. The van der Waals surface area contributed by atoms with Crippen LogP contribution < -0.4 is 10.6 Å². The molecule has 90 valence electrons. The van der Waals surface area contributed by atoms with Crippen molar-refractivity contribution in [1.29, 1.82) is 0 Å². The number of para-hydroxylation sites is 1. The Bertz CT molecular complexity index is 425. The molecule has 0 saturated heterocycles. The van der Waals surface area contributed by atoms with Crippen molar-refractivity contribution >= 4 is 5.69 Å². The highest BCUT2D eigenvalue weighted by Gasteiger charge is 2.20. The zero-order chi connectivity index (χ0) is 12.1. The molecule has 2 N–H and O–H groups in total. The van der Waals surface area contributed by atoms with Gasteiger partial charge in [0, 0.05) is 18.8 Å². The van der Waals surface area contributed by atoms with Crippen molar-refractivity contribution < 1.29 is 4.42 Å². The van der Waals surface area contributed by atoms with E-state index in [0.717, 1.165) is 12.3 Å². The molecule has 0 spiro atoms. The summed E-state index contributed by atoms with van der Waals surface area (Å²) in [5.41, 5.74) is 7.04. The summed E-state index contributed by atoms with van der Waals surface area (Å²) < 4.78 is 5.47. The molecule has 0 aliphatic heterocycles. The van der Waals surface area contributed by atoms with Crippen molar-refractivity contribution in [3.05, 3.63) is 54.5 Å². The van der Waals surface area contributed by atoms with Gasteiger partial charge in [-0.15, -0.1) is 0 Å². The van der Waals surface area contributed by atoms with Crippen LogP contribution in [0.25, 0.3) is 0 Å². The van der Waals surface area contributed by atoms with Crippen LogP contribution in [0.15, 0.2) is 53.1 Å². The summed E-state index contributed by atoms with van der Waals surface area (Å²) in [6.45, 7) is 3.56. The maximum atomic E-state index is 5.88. The minimum atomic E-state index is 0.0948. The van der Waals surface area contributed by atoms with Gasteiger partial charge in [-0.05, 0) is 31.2 Å². The number of anilines is 1. The standard InChI is InChI=1S/C14H18N2O/c1-2-16(12-7-4-3-5-8-12)13(11-15)14-9-6-10-17-14/h3-10,13H,2,11,15H2,1H3. The van der Waals surface area contributed by atoms with Crippen molar-refractivity contribution in [2.24, 2.45) is 5.73 Å². The maximum absolute atomic E-state index is 5.88. The molecule has 1 unspecified atom stereocenters. The van der Waals surface area contributed by atoms with E-state index in [1.165, 1.54) is 5.69 Å². The first-order valence-corrected chi connectivity index (χ1v) is 5.92. The van der Waals surface area contributed by atoms with Gasteiger partial charge in [0.05, 0.1) is 12.3 Å². The summed E-state index contributed by atoms with van der Waals surface area (Å²) >= 11 is 0. The van der Waals surface area contributed by atoms with Gasteiger partial charge in [0.2, 0.25) is 0 Å². The summed E-state index contributed by atoms with van der Waals surface area (Å²) in [4.78, 5) is 2.25. The summed E-state index contributed by atoms with van der Waals surface area (Å²) in [6.07, 6.45) is 1.69. The molecule has 17 heavy (non-hydrogen) atoms. The summed E-state index contributed by atoms with van der Waals surface area (Å²) in [6, 6.07) is 14.2. The van der Waals surface area contributed by atoms with Crippen LogP contribution in [0, 0.1) is 0 Å². The van der Waals surface area contributed by atoms with Gasteiger partial charge in [0.25, 0.3) is 0 Å². The first kappa shape index (κ1) is 11.7. The monoisotopic (exact) mass is 230 g/mol. The van der Waals surface area contributed by atoms with Crippen molar-refractivity contribution in [3.8, 4) is 0 Å². The molecule has 2 rings (SSSR count). The van der Waals surface area contributed by atoms with Gasteiger partial charge in [-0.25, -0.2) is 0 Å². The van der Waals surface area contributed by atoms with Gasteiger partial charge in [-0.2, -0.15) is 0 Å². The fraction of sp³-hybridized carbons (Fsp3) is 0.286. The Labute approximate surface area is 102 Å². The number of rotatable bonds is 5. The minimum absolute atomic E-state index is 0.0948. The third-order valence-electron chi connectivity index (χ3n) is 2.90. The molecular weight excluding hydrogens is 212 g/mol. The maximum Gasteiger partial charge on any atom is 0.127 e. The first-order valence-electron chi connectivity index (χ1n) is 5.92. The normalized spacial score (nSPS) is 12.4. The molecule has 0 fully saturated rings. The molecule has 0 amide bonds. The molecule has 0 radical (unpaired) electrons. The van der Waals surface area contributed by atoms with Crippen LogP contribution in [0.2, 0.25) is 0 Å². The van der Waals surface area contributed by atoms with Gasteiger partial charge < -0.3 is 15.1 Å². The van der Waals surface area contributed by atoms with Gasteiger partial charge in [-0.3, -0.25) is 0 Å². The Hall–Kier alpha value is -1.74. The topological polar surface area (TPSA) is 42.4 Å². The molecule has 1 atom stereocenters. The van der Waals surface area contributed by atoms with Gasteiger partial charge in [-0.1, -0.05) is 18.2 Å². The Morgan fingerprint density at radius 2 is 1.94 bits per heavy atom. The fourth-order valence-corrected chi connectivity index (χ4v) is 2.08. The Kier molecular flexibility index (Phi) is 3.83. The molecule has 0 bridgehead atoms. The van der Waals surface area contributed by atoms with Crippen LogP contribution in [-0.2, 0) is 0 Å². The van der Waals surface area contributed by atoms with E-state index in [1.54, 1.807) is 6.26 Å². The van der Waals surface area contributed by atoms with Crippen molar-refractivity contribution in [3.63, 3.8) is 0 Å². The molecule has 0 aliphatic carbocycles. The highest BCUT2D eigenvalue weighted by Crippen LogP contribution is 2.26. The summed E-state index contributed by atoms with van der Waals surface area (Å²) in [5, 5.41) is 0. The second-order valence-corrected chi connectivity index (χ2v) is 3.89. The lowest BCUT2D eigenvalue weighted by Gasteiger charge is -2.30. The number of benzene rings is 1. The molecule has 0 saturated carbocycles. The lowest BCUT2D eigenvalue weighted by atomic mass is 10.1. The van der Waals surface area contributed by atoms with E-state index in [0.29, 0.717) is 6.54 Å². The van der Waals surface area contributed by atoms with Crippen LogP contribution in [0.4, 0.5) is 5.69 Å². The average Bonchev–Trinajstić information content (AvgIpc) is 2.90. The summed E-state index contributed by atoms with van der Waals surface area (Å²) in [5.74, 6) is 0.915. The minimum Gasteiger partial charge on any atom is -0.467 e. The smallest absolute Gasteiger partial charge is 0.127 e. The van der Waals surface area contributed by atoms with Crippen LogP contribution in [0.3, 0.4) is 0 Å². The lowest BCUT2D eigenvalue weighted by Crippen LogP contribution is -2.33. The van der Waals surface area contributed by atoms with Gasteiger partial charge in [0.1, 0.15) is 5.76 Å². The molecule has 1 aromatic carbocycles. The van der Waals surface area contributed by atoms with Crippen LogP contribution in [0.1, 0.15) is 18.7 Å². The molecule has 2 aromatic rings. The number of furan rings is 1. The van der Waals surface area contributed by atoms with E-state index >= 15 is 0 Å². The van der Waals surface area contributed by atoms with Crippen molar-refractivity contribution in [2.75, 3.05) is 18.0 Å². The predicted octanol–water partition coefficient (Wildman–Crippen LogP) is 2.81. The Morgan fingerprint density at radius 1 is 1.18 bits per heavy atom. The van der Waals surface area contributed by atoms with E-state index in [4.69, 9.17) is 10.2 Å². The average molecular weight is 230 g/mol. The molecule has 1 heterocycles. The Morgan fingerprint density at radius 3 is 2.47 bits per heavy atom. The highest BCUT2D eigenvalue weighted by molar-refractivity contribution is 5.48. The summed E-state index contributed by atoms with van der Waals surface area (Å²) in [7, 11) is 0. The highest BCUT2D eigenvalue weighted by atomic mass is 16.3. The van der Waals surface area contributed by atoms with E-state index in [1.807, 2.05) is 30.3 Å². The number of nitrogens with two attached hydrogens (primary N) is 1. The van der Waals surface area contributed by atoms with Crippen LogP contribution in [0.5, 0.6) is 0 Å². The number of hydrogen-bond donors (Lipinski definition) is 1. The number of nitrogens with zero attached hydrogens (tertiary/aromatic N) is 1. The number of hydrogen-bond acceptors (Lipinski definition) is 3. The molecule has 1 aromatic heterocycles. The third-order valence-corrected chi connectivity index (χ3v) is 2.90. The second-order valence-electron chi connectivity index (χ2n) is 3.89. The van der Waals surface area contributed by atoms with Gasteiger partial charge in [0.15, 0.2) is 0 Å². The third kappa shape index (κ3) is 2.50.